The molecular weight excluding hydrogens is 350 g/mol. The second kappa shape index (κ2) is 7.09. The predicted molar refractivity (Wildman–Crippen MR) is 90.1 cm³/mol. The van der Waals surface area contributed by atoms with Gasteiger partial charge in [0.2, 0.25) is 0 Å². The van der Waals surface area contributed by atoms with Gasteiger partial charge >= 0.3 is 0 Å². The van der Waals surface area contributed by atoms with E-state index in [9.17, 15) is 4.79 Å². The van der Waals surface area contributed by atoms with Crippen molar-refractivity contribution in [1.82, 2.24) is 5.32 Å². The molecule has 1 N–H and O–H groups in total. The van der Waals surface area contributed by atoms with Gasteiger partial charge < -0.3 is 10.1 Å². The molecule has 1 aromatic carbocycles. The molecule has 0 bridgehead atoms. The molecule has 0 aliphatic heterocycles. The smallest absolute Gasteiger partial charge is 0.251 e. The van der Waals surface area contributed by atoms with Gasteiger partial charge in [0.05, 0.1) is 17.6 Å². The highest BCUT2D eigenvalue weighted by Crippen LogP contribution is 2.28. The van der Waals surface area contributed by atoms with Crippen LogP contribution in [0.15, 0.2) is 40.2 Å². The molecule has 0 saturated heterocycles. The van der Waals surface area contributed by atoms with Gasteiger partial charge in [-0.05, 0) is 51.5 Å². The van der Waals surface area contributed by atoms with E-state index < -0.39 is 0 Å². The molecule has 0 radical (unpaired) electrons. The first-order chi connectivity index (χ1) is 10.0. The maximum atomic E-state index is 12.4. The molecule has 0 saturated carbocycles. The van der Waals surface area contributed by atoms with E-state index in [0.29, 0.717) is 17.2 Å². The minimum atomic E-state index is -0.0783. The summed E-state index contributed by atoms with van der Waals surface area (Å²) in [7, 11) is 1.60. The van der Waals surface area contributed by atoms with E-state index in [4.69, 9.17) is 4.74 Å². The highest BCUT2D eigenvalue weighted by molar-refractivity contribution is 9.10. The quantitative estimate of drug-likeness (QED) is 0.835. The Morgan fingerprint density at radius 1 is 1.33 bits per heavy atom. The van der Waals surface area contributed by atoms with Crippen LogP contribution in [0, 0.1) is 5.92 Å². The van der Waals surface area contributed by atoms with Crippen molar-refractivity contribution >= 4 is 33.2 Å². The zero-order valence-corrected chi connectivity index (χ0v) is 14.6. The topological polar surface area (TPSA) is 38.3 Å². The summed E-state index contributed by atoms with van der Waals surface area (Å²) < 4.78 is 5.95. The van der Waals surface area contributed by atoms with Gasteiger partial charge in [-0.1, -0.05) is 19.9 Å². The van der Waals surface area contributed by atoms with Crippen molar-refractivity contribution in [3.05, 3.63) is 50.6 Å². The average Bonchev–Trinajstić information content (AvgIpc) is 2.97. The molecule has 1 heterocycles. The summed E-state index contributed by atoms with van der Waals surface area (Å²) in [6.07, 6.45) is 0. The van der Waals surface area contributed by atoms with Gasteiger partial charge in [0.1, 0.15) is 5.75 Å². The van der Waals surface area contributed by atoms with Crippen molar-refractivity contribution in [2.24, 2.45) is 5.92 Å². The average molecular weight is 368 g/mol. The highest BCUT2D eigenvalue weighted by atomic mass is 79.9. The Bertz CT molecular complexity index is 611. The van der Waals surface area contributed by atoms with Crippen LogP contribution < -0.4 is 10.1 Å². The third-order valence-electron chi connectivity index (χ3n) is 3.22. The standard InChI is InChI=1S/C16H18BrNO2S/c1-10(2)15(14-5-4-8-21-14)18-16(19)11-6-7-13(20-3)12(17)9-11/h4-10,15H,1-3H3,(H,18,19). The summed E-state index contributed by atoms with van der Waals surface area (Å²) in [6.45, 7) is 4.21. The molecule has 1 aromatic heterocycles. The molecule has 2 aromatic rings. The minimum absolute atomic E-state index is 0.0263. The number of thiophene rings is 1. The van der Waals surface area contributed by atoms with E-state index >= 15 is 0 Å². The fourth-order valence-electron chi connectivity index (χ4n) is 2.07. The fourth-order valence-corrected chi connectivity index (χ4v) is 3.56. The van der Waals surface area contributed by atoms with Gasteiger partial charge in [0.25, 0.3) is 5.91 Å². The highest BCUT2D eigenvalue weighted by Gasteiger charge is 2.20. The van der Waals surface area contributed by atoms with Gasteiger partial charge in [-0.2, -0.15) is 0 Å². The molecule has 1 amide bonds. The van der Waals surface area contributed by atoms with Crippen molar-refractivity contribution in [2.45, 2.75) is 19.9 Å². The lowest BCUT2D eigenvalue weighted by molar-refractivity contribution is 0.0926. The molecule has 3 nitrogen and oxygen atoms in total. The van der Waals surface area contributed by atoms with Crippen LogP contribution >= 0.6 is 27.3 Å². The molecule has 5 heteroatoms. The largest absolute Gasteiger partial charge is 0.496 e. The summed E-state index contributed by atoms with van der Waals surface area (Å²) in [5.74, 6) is 0.963. The molecule has 0 aliphatic carbocycles. The zero-order chi connectivity index (χ0) is 15.4. The molecule has 2 rings (SSSR count). The van der Waals surface area contributed by atoms with Crippen LogP contribution in [0.1, 0.15) is 35.1 Å². The number of hydrogen-bond donors (Lipinski definition) is 1. The normalized spacial score (nSPS) is 12.2. The number of ether oxygens (including phenoxy) is 1. The zero-order valence-electron chi connectivity index (χ0n) is 12.2. The van der Waals surface area contributed by atoms with E-state index in [1.54, 1.807) is 36.6 Å². The number of nitrogens with one attached hydrogen (secondary N) is 1. The summed E-state index contributed by atoms with van der Waals surface area (Å²) in [5.41, 5.74) is 0.616. The first-order valence-electron chi connectivity index (χ1n) is 6.70. The minimum Gasteiger partial charge on any atom is -0.496 e. The van der Waals surface area contributed by atoms with Crippen LogP contribution in [-0.2, 0) is 0 Å². The van der Waals surface area contributed by atoms with Crippen LogP contribution in [-0.4, -0.2) is 13.0 Å². The van der Waals surface area contributed by atoms with E-state index in [1.807, 2.05) is 11.4 Å². The Morgan fingerprint density at radius 2 is 2.10 bits per heavy atom. The molecule has 1 unspecified atom stereocenters. The number of hydrogen-bond acceptors (Lipinski definition) is 3. The maximum absolute atomic E-state index is 12.4. The van der Waals surface area contributed by atoms with Crippen molar-refractivity contribution in [1.29, 1.82) is 0 Å². The number of methoxy groups -OCH3 is 1. The maximum Gasteiger partial charge on any atom is 0.251 e. The Balaban J connectivity index is 2.18. The number of carbonyl (C=O) groups excluding carboxylic acids is 1. The molecule has 21 heavy (non-hydrogen) atoms. The monoisotopic (exact) mass is 367 g/mol. The van der Waals surface area contributed by atoms with E-state index in [2.05, 4.69) is 41.2 Å². The van der Waals surface area contributed by atoms with Crippen LogP contribution in [0.4, 0.5) is 0 Å². The molecule has 0 aliphatic rings. The van der Waals surface area contributed by atoms with Crippen LogP contribution in [0.25, 0.3) is 0 Å². The Kier molecular flexibility index (Phi) is 5.42. The summed E-state index contributed by atoms with van der Waals surface area (Å²) in [5, 5.41) is 5.14. The lowest BCUT2D eigenvalue weighted by Gasteiger charge is -2.21. The number of carbonyl (C=O) groups is 1. The van der Waals surface area contributed by atoms with Gasteiger partial charge in [-0.15, -0.1) is 11.3 Å². The molecule has 0 spiro atoms. The summed E-state index contributed by atoms with van der Waals surface area (Å²) in [6, 6.07) is 9.42. The van der Waals surface area contributed by atoms with Crippen LogP contribution in [0.2, 0.25) is 0 Å². The van der Waals surface area contributed by atoms with E-state index in [-0.39, 0.29) is 11.9 Å². The van der Waals surface area contributed by atoms with Crippen molar-refractivity contribution in [3.63, 3.8) is 0 Å². The summed E-state index contributed by atoms with van der Waals surface area (Å²) >= 11 is 5.07. The lowest BCUT2D eigenvalue weighted by atomic mass is 10.0. The van der Waals surface area contributed by atoms with Crippen molar-refractivity contribution < 1.29 is 9.53 Å². The number of halogens is 1. The van der Waals surface area contributed by atoms with Gasteiger partial charge in [0.15, 0.2) is 0 Å². The van der Waals surface area contributed by atoms with E-state index in [1.165, 1.54) is 4.88 Å². The van der Waals surface area contributed by atoms with Gasteiger partial charge in [-0.25, -0.2) is 0 Å². The van der Waals surface area contributed by atoms with Gasteiger partial charge in [-0.3, -0.25) is 4.79 Å². The molecule has 112 valence electrons. The van der Waals surface area contributed by atoms with Crippen LogP contribution in [0.3, 0.4) is 0 Å². The first-order valence-corrected chi connectivity index (χ1v) is 8.38. The van der Waals surface area contributed by atoms with Gasteiger partial charge in [0, 0.05) is 10.4 Å². The summed E-state index contributed by atoms with van der Waals surface area (Å²) in [4.78, 5) is 13.6. The van der Waals surface area contributed by atoms with Crippen molar-refractivity contribution in [2.75, 3.05) is 7.11 Å². The Morgan fingerprint density at radius 3 is 2.62 bits per heavy atom. The fraction of sp³-hybridized carbons (Fsp3) is 0.312. The Hall–Kier alpha value is -1.33. The second-order valence-corrected chi connectivity index (χ2v) is 6.89. The first kappa shape index (κ1) is 16.0. The molecule has 0 fully saturated rings. The van der Waals surface area contributed by atoms with E-state index in [0.717, 1.165) is 4.47 Å². The number of benzene rings is 1. The SMILES string of the molecule is COc1ccc(C(=O)NC(c2cccs2)C(C)C)cc1Br. The predicted octanol–water partition coefficient (Wildman–Crippen LogP) is 4.65. The number of amides is 1. The number of rotatable bonds is 5. The molecular formula is C16H18BrNO2S. The third kappa shape index (κ3) is 3.86. The second-order valence-electron chi connectivity index (χ2n) is 5.06. The Labute approximate surface area is 137 Å². The molecule has 1 atom stereocenters. The van der Waals surface area contributed by atoms with Crippen molar-refractivity contribution in [3.8, 4) is 5.75 Å². The lowest BCUT2D eigenvalue weighted by Crippen LogP contribution is -2.31. The van der Waals surface area contributed by atoms with Crippen LogP contribution in [0.5, 0.6) is 5.75 Å². The third-order valence-corrected chi connectivity index (χ3v) is 4.79.